The molecule has 7 heteroatoms. The molecule has 5 aromatic rings. The average Bonchev–Trinajstić information content (AvgIpc) is 3.28. The fourth-order valence-corrected chi connectivity index (χ4v) is 4.99. The second kappa shape index (κ2) is 9.21. The van der Waals surface area contributed by atoms with E-state index in [0.717, 1.165) is 42.8 Å². The van der Waals surface area contributed by atoms with Crippen LogP contribution in [-0.2, 0) is 0 Å². The van der Waals surface area contributed by atoms with Crippen molar-refractivity contribution < 1.29 is 9.53 Å². The van der Waals surface area contributed by atoms with E-state index in [1.165, 1.54) is 0 Å². The maximum atomic E-state index is 13.0. The fourth-order valence-electron chi connectivity index (χ4n) is 3.82. The van der Waals surface area contributed by atoms with E-state index >= 15 is 0 Å². The number of para-hydroxylation sites is 1. The maximum absolute atomic E-state index is 13.0. The molecule has 0 spiro atoms. The van der Waals surface area contributed by atoms with E-state index in [0.29, 0.717) is 11.3 Å². The summed E-state index contributed by atoms with van der Waals surface area (Å²) in [7, 11) is 1.55. The molecule has 1 heterocycles. The first-order chi connectivity index (χ1) is 16.5. The lowest BCUT2D eigenvalue weighted by molar-refractivity contribution is 0.0975. The van der Waals surface area contributed by atoms with Gasteiger partial charge in [-0.15, -0.1) is 11.3 Å². The van der Waals surface area contributed by atoms with E-state index in [9.17, 15) is 4.79 Å². The highest BCUT2D eigenvalue weighted by Crippen LogP contribution is 2.32. The Balaban J connectivity index is 1.32. The van der Waals surface area contributed by atoms with Crippen molar-refractivity contribution in [2.75, 3.05) is 12.4 Å². The summed E-state index contributed by atoms with van der Waals surface area (Å²) in [6.07, 6.45) is 0. The summed E-state index contributed by atoms with van der Waals surface area (Å²) < 4.78 is 6.60. The summed E-state index contributed by atoms with van der Waals surface area (Å²) in [5.41, 5.74) is 4.28. The van der Waals surface area contributed by atoms with E-state index in [2.05, 4.69) is 22.8 Å². The molecule has 1 amide bonds. The van der Waals surface area contributed by atoms with Crippen LogP contribution in [-0.4, -0.2) is 23.1 Å². The third-order valence-electron chi connectivity index (χ3n) is 5.55. The number of hydrogen-bond acceptors (Lipinski definition) is 5. The molecule has 0 saturated heterocycles. The minimum atomic E-state index is -0.330. The average molecular weight is 484 g/mol. The number of nitrogens with zero attached hydrogens (tertiary/aromatic N) is 1. The highest BCUT2D eigenvalue weighted by molar-refractivity contribution is 7.80. The van der Waals surface area contributed by atoms with Crippen LogP contribution in [0.1, 0.15) is 15.9 Å². The lowest BCUT2D eigenvalue weighted by atomic mass is 10.1. The van der Waals surface area contributed by atoms with Gasteiger partial charge < -0.3 is 10.1 Å². The summed E-state index contributed by atoms with van der Waals surface area (Å²) in [4.78, 5) is 17.7. The Morgan fingerprint density at radius 2 is 1.71 bits per heavy atom. The lowest BCUT2D eigenvalue weighted by Crippen LogP contribution is -2.34. The summed E-state index contributed by atoms with van der Waals surface area (Å²) in [6, 6.07) is 25.6. The highest BCUT2D eigenvalue weighted by atomic mass is 32.1. The number of thiazole rings is 1. The van der Waals surface area contributed by atoms with Crippen molar-refractivity contribution in [2.45, 2.75) is 6.92 Å². The smallest absolute Gasteiger partial charge is 0.261 e. The molecule has 5 rings (SSSR count). The van der Waals surface area contributed by atoms with Crippen LogP contribution in [0.15, 0.2) is 78.9 Å². The molecule has 4 aromatic carbocycles. The molecule has 0 bridgehead atoms. The first-order valence-electron chi connectivity index (χ1n) is 10.7. The van der Waals surface area contributed by atoms with Crippen molar-refractivity contribution in [3.8, 4) is 16.3 Å². The maximum Gasteiger partial charge on any atom is 0.261 e. The van der Waals surface area contributed by atoms with Gasteiger partial charge in [0, 0.05) is 11.3 Å². The van der Waals surface area contributed by atoms with Gasteiger partial charge in [-0.25, -0.2) is 4.98 Å². The summed E-state index contributed by atoms with van der Waals surface area (Å²) >= 11 is 7.09. The van der Waals surface area contributed by atoms with Gasteiger partial charge in [0.1, 0.15) is 10.8 Å². The molecule has 1 aromatic heterocycles. The van der Waals surface area contributed by atoms with Crippen molar-refractivity contribution in [3.63, 3.8) is 0 Å². The Kier molecular flexibility index (Phi) is 5.96. The van der Waals surface area contributed by atoms with Gasteiger partial charge in [0.25, 0.3) is 5.91 Å². The van der Waals surface area contributed by atoms with Crippen LogP contribution in [0.25, 0.3) is 31.6 Å². The standard InChI is InChI=1S/C27H21N3O2S2/c1-16-13-19(26-28-22-9-5-6-10-24(22)34-26)11-12-21(16)29-27(33)30-25(31)20-14-17-7-3-4-8-18(17)15-23(20)32-2/h3-15H,1-2H3,(H2,29,30,31,33). The van der Waals surface area contributed by atoms with Gasteiger partial charge in [-0.1, -0.05) is 36.4 Å². The predicted octanol–water partition coefficient (Wildman–Crippen LogP) is 6.56. The number of anilines is 1. The van der Waals surface area contributed by atoms with E-state index < -0.39 is 0 Å². The van der Waals surface area contributed by atoms with Gasteiger partial charge >= 0.3 is 0 Å². The van der Waals surface area contributed by atoms with Crippen molar-refractivity contribution in [1.82, 2.24) is 10.3 Å². The number of benzene rings is 4. The molecule has 0 aliphatic heterocycles. The zero-order valence-corrected chi connectivity index (χ0v) is 20.2. The number of thiocarbonyl (C=S) groups is 1. The van der Waals surface area contributed by atoms with Crippen molar-refractivity contribution in [1.29, 1.82) is 0 Å². The SMILES string of the molecule is COc1cc2ccccc2cc1C(=O)NC(=S)Nc1ccc(-c2nc3ccccc3s2)cc1C. The van der Waals surface area contributed by atoms with Crippen LogP contribution in [0, 0.1) is 6.92 Å². The largest absolute Gasteiger partial charge is 0.496 e. The molecule has 0 saturated carbocycles. The molecule has 0 aliphatic rings. The van der Waals surface area contributed by atoms with E-state index in [1.807, 2.05) is 73.7 Å². The van der Waals surface area contributed by atoms with Gasteiger partial charge in [-0.3, -0.25) is 10.1 Å². The van der Waals surface area contributed by atoms with Crippen LogP contribution in [0.3, 0.4) is 0 Å². The van der Waals surface area contributed by atoms with Gasteiger partial charge in [0.05, 0.1) is 22.9 Å². The molecule has 0 aliphatic carbocycles. The van der Waals surface area contributed by atoms with Crippen LogP contribution in [0.2, 0.25) is 0 Å². The third kappa shape index (κ3) is 4.35. The first-order valence-corrected chi connectivity index (χ1v) is 11.9. The molecule has 168 valence electrons. The second-order valence-corrected chi connectivity index (χ2v) is 9.26. The number of nitrogens with one attached hydrogen (secondary N) is 2. The molecular weight excluding hydrogens is 462 g/mol. The minimum absolute atomic E-state index is 0.219. The number of amides is 1. The molecule has 0 fully saturated rings. The zero-order chi connectivity index (χ0) is 23.7. The lowest BCUT2D eigenvalue weighted by Gasteiger charge is -2.14. The minimum Gasteiger partial charge on any atom is -0.496 e. The Bertz CT molecular complexity index is 1530. The molecule has 0 radical (unpaired) electrons. The normalized spacial score (nSPS) is 10.9. The molecule has 0 atom stereocenters. The predicted molar refractivity (Wildman–Crippen MR) is 144 cm³/mol. The van der Waals surface area contributed by atoms with Crippen LogP contribution in [0.4, 0.5) is 5.69 Å². The van der Waals surface area contributed by atoms with Gasteiger partial charge in [-0.2, -0.15) is 0 Å². The van der Waals surface area contributed by atoms with Crippen molar-refractivity contribution in [3.05, 3.63) is 90.0 Å². The number of aryl methyl sites for hydroxylation is 1. The van der Waals surface area contributed by atoms with Crippen molar-refractivity contribution >= 4 is 61.3 Å². The Labute approximate surface area is 206 Å². The molecular formula is C27H21N3O2S2. The number of rotatable bonds is 4. The summed E-state index contributed by atoms with van der Waals surface area (Å²) in [5.74, 6) is 0.166. The second-order valence-electron chi connectivity index (χ2n) is 7.82. The fraction of sp³-hybridized carbons (Fsp3) is 0.0741. The van der Waals surface area contributed by atoms with Crippen LogP contribution in [0.5, 0.6) is 5.75 Å². The van der Waals surface area contributed by atoms with Gasteiger partial charge in [0.2, 0.25) is 0 Å². The topological polar surface area (TPSA) is 63.2 Å². The Morgan fingerprint density at radius 3 is 2.44 bits per heavy atom. The number of hydrogen-bond donors (Lipinski definition) is 2. The highest BCUT2D eigenvalue weighted by Gasteiger charge is 2.16. The quantitative estimate of drug-likeness (QED) is 0.284. The van der Waals surface area contributed by atoms with Crippen LogP contribution < -0.4 is 15.4 Å². The molecule has 0 unspecified atom stereocenters. The summed E-state index contributed by atoms with van der Waals surface area (Å²) in [5, 5.41) is 9.04. The summed E-state index contributed by atoms with van der Waals surface area (Å²) in [6.45, 7) is 2.00. The first kappa shape index (κ1) is 22.0. The number of aromatic nitrogens is 1. The van der Waals surface area contributed by atoms with E-state index in [1.54, 1.807) is 18.4 Å². The number of ether oxygens (including phenoxy) is 1. The number of carbonyl (C=O) groups is 1. The third-order valence-corrected chi connectivity index (χ3v) is 6.84. The van der Waals surface area contributed by atoms with Gasteiger partial charge in [-0.05, 0) is 77.9 Å². The Morgan fingerprint density at radius 1 is 0.971 bits per heavy atom. The molecule has 5 nitrogen and oxygen atoms in total. The molecule has 34 heavy (non-hydrogen) atoms. The monoisotopic (exact) mass is 483 g/mol. The number of carbonyl (C=O) groups excluding carboxylic acids is 1. The van der Waals surface area contributed by atoms with Crippen LogP contribution >= 0.6 is 23.6 Å². The number of fused-ring (bicyclic) bond motifs is 2. The van der Waals surface area contributed by atoms with Gasteiger partial charge in [0.15, 0.2) is 5.11 Å². The Hall–Kier alpha value is -3.81. The zero-order valence-electron chi connectivity index (χ0n) is 18.6. The van der Waals surface area contributed by atoms with E-state index in [4.69, 9.17) is 21.9 Å². The number of methoxy groups -OCH3 is 1. The van der Waals surface area contributed by atoms with E-state index in [-0.39, 0.29) is 11.0 Å². The van der Waals surface area contributed by atoms with Crippen molar-refractivity contribution in [2.24, 2.45) is 0 Å². The molecule has 2 N–H and O–H groups in total.